The van der Waals surface area contributed by atoms with Gasteiger partial charge in [-0.1, -0.05) is 62.4 Å². The van der Waals surface area contributed by atoms with Crippen molar-refractivity contribution in [2.75, 3.05) is 19.4 Å². The summed E-state index contributed by atoms with van der Waals surface area (Å²) >= 11 is 0. The van der Waals surface area contributed by atoms with Crippen molar-refractivity contribution in [1.82, 2.24) is 15.3 Å². The topological polar surface area (TPSA) is 114 Å². The molecule has 1 fully saturated rings. The van der Waals surface area contributed by atoms with Gasteiger partial charge >= 0.3 is 0 Å². The number of hydroxylamine groups is 1. The Hall–Kier alpha value is -2.53. The van der Waals surface area contributed by atoms with Crippen molar-refractivity contribution in [2.24, 2.45) is 17.8 Å². The number of hydrogen-bond acceptors (Lipinski definition) is 6. The second kappa shape index (κ2) is 16.4. The van der Waals surface area contributed by atoms with Crippen LogP contribution in [0.4, 0.5) is 0 Å². The average Bonchev–Trinajstić information content (AvgIpc) is 2.88. The Bertz CT molecular complexity index is 1010. The predicted octanol–water partition coefficient (Wildman–Crippen LogP) is 4.20. The molecule has 1 aromatic carbocycles. The SMILES string of the molecule is C=CCCCN(NC(=O)[C@H](CC(C)C)[C@H](CC=Cc1ccccc1)C(=O)NOC1CCCCO1)S(C)(=O)=O. The maximum absolute atomic E-state index is 13.5. The number of rotatable bonds is 16. The van der Waals surface area contributed by atoms with Crippen molar-refractivity contribution in [1.29, 1.82) is 0 Å². The molecular formula is C28H43N3O6S. The van der Waals surface area contributed by atoms with E-state index in [-0.39, 0.29) is 18.9 Å². The highest BCUT2D eigenvalue weighted by molar-refractivity contribution is 7.88. The second-order valence-corrected chi connectivity index (χ2v) is 11.9. The van der Waals surface area contributed by atoms with Crippen LogP contribution in [-0.2, 0) is 29.2 Å². The molecule has 10 heteroatoms. The van der Waals surface area contributed by atoms with Crippen molar-refractivity contribution in [2.45, 2.75) is 65.1 Å². The predicted molar refractivity (Wildman–Crippen MR) is 148 cm³/mol. The molecule has 3 atom stereocenters. The fourth-order valence-electron chi connectivity index (χ4n) is 4.22. The first-order valence-corrected chi connectivity index (χ1v) is 15.1. The summed E-state index contributed by atoms with van der Waals surface area (Å²) in [4.78, 5) is 32.5. The third-order valence-corrected chi connectivity index (χ3v) is 7.29. The molecule has 1 unspecified atom stereocenters. The standard InChI is InChI=1S/C28H43N3O6S/c1-5-6-11-19-31(38(4,34)35)29-27(32)25(21-22(2)3)24(17-13-16-23-14-8-7-9-15-23)28(33)30-37-26-18-10-12-20-36-26/h5,7-9,13-16,22,24-26H,1,6,10-12,17-21H2,2-4H3,(H,29,32)(H,30,33)/t24-,25+,26?/m0/s1. The largest absolute Gasteiger partial charge is 0.350 e. The summed E-state index contributed by atoms with van der Waals surface area (Å²) < 4.78 is 31.3. The smallest absolute Gasteiger partial charge is 0.247 e. The molecule has 0 saturated carbocycles. The molecule has 9 nitrogen and oxygen atoms in total. The van der Waals surface area contributed by atoms with Crippen LogP contribution in [0.25, 0.3) is 6.08 Å². The summed E-state index contributed by atoms with van der Waals surface area (Å²) in [5.74, 6) is -2.49. The van der Waals surface area contributed by atoms with E-state index >= 15 is 0 Å². The molecule has 0 bridgehead atoms. The van der Waals surface area contributed by atoms with E-state index in [0.29, 0.717) is 32.3 Å². The third kappa shape index (κ3) is 11.5. The lowest BCUT2D eigenvalue weighted by atomic mass is 9.82. The van der Waals surface area contributed by atoms with E-state index in [2.05, 4.69) is 17.5 Å². The van der Waals surface area contributed by atoms with Crippen molar-refractivity contribution in [3.8, 4) is 0 Å². The van der Waals surface area contributed by atoms with E-state index < -0.39 is 40.0 Å². The molecule has 0 aromatic heterocycles. The van der Waals surface area contributed by atoms with Gasteiger partial charge in [0, 0.05) is 19.6 Å². The monoisotopic (exact) mass is 549 g/mol. The van der Waals surface area contributed by atoms with Crippen LogP contribution >= 0.6 is 0 Å². The summed E-state index contributed by atoms with van der Waals surface area (Å²) in [6, 6.07) is 9.65. The van der Waals surface area contributed by atoms with Crippen molar-refractivity contribution >= 4 is 27.9 Å². The fourth-order valence-corrected chi connectivity index (χ4v) is 4.94. The number of amides is 2. The summed E-state index contributed by atoms with van der Waals surface area (Å²) in [7, 11) is -3.71. The molecule has 0 spiro atoms. The first-order valence-electron chi connectivity index (χ1n) is 13.3. The maximum atomic E-state index is 13.5. The Labute approximate surface area is 227 Å². The number of hydrogen-bond donors (Lipinski definition) is 2. The lowest BCUT2D eigenvalue weighted by molar-refractivity contribution is -0.203. The first kappa shape index (κ1) is 31.7. The molecule has 0 radical (unpaired) electrons. The van der Waals surface area contributed by atoms with Gasteiger partial charge in [0.05, 0.1) is 18.1 Å². The Morgan fingerprint density at radius 3 is 2.53 bits per heavy atom. The summed E-state index contributed by atoms with van der Waals surface area (Å²) in [5.41, 5.74) is 6.05. The summed E-state index contributed by atoms with van der Waals surface area (Å²) in [6.45, 7) is 8.25. The van der Waals surface area contributed by atoms with E-state index in [4.69, 9.17) is 9.57 Å². The molecule has 2 N–H and O–H groups in total. The number of nitrogens with one attached hydrogen (secondary N) is 2. The minimum absolute atomic E-state index is 0.0780. The fraction of sp³-hybridized carbons (Fsp3) is 0.571. The number of hydrazine groups is 1. The third-order valence-electron chi connectivity index (χ3n) is 6.22. The van der Waals surface area contributed by atoms with Crippen LogP contribution < -0.4 is 10.9 Å². The van der Waals surface area contributed by atoms with Crippen LogP contribution in [0, 0.1) is 17.8 Å². The minimum atomic E-state index is -3.71. The van der Waals surface area contributed by atoms with Crippen molar-refractivity contribution in [3.63, 3.8) is 0 Å². The van der Waals surface area contributed by atoms with Crippen molar-refractivity contribution < 1.29 is 27.6 Å². The van der Waals surface area contributed by atoms with Gasteiger partial charge in [-0.25, -0.2) is 18.7 Å². The van der Waals surface area contributed by atoms with Crippen LogP contribution in [0.15, 0.2) is 49.1 Å². The molecule has 0 aliphatic carbocycles. The van der Waals surface area contributed by atoms with Gasteiger partial charge < -0.3 is 4.74 Å². The van der Waals surface area contributed by atoms with E-state index in [1.165, 1.54) is 0 Å². The normalized spacial score (nSPS) is 17.9. The van der Waals surface area contributed by atoms with Gasteiger partial charge in [-0.15, -0.1) is 11.0 Å². The number of benzene rings is 1. The molecule has 212 valence electrons. The number of carbonyl (C=O) groups is 2. The number of carbonyl (C=O) groups excluding carboxylic acids is 2. The second-order valence-electron chi connectivity index (χ2n) is 10.0. The highest BCUT2D eigenvalue weighted by atomic mass is 32.2. The highest BCUT2D eigenvalue weighted by Gasteiger charge is 2.36. The van der Waals surface area contributed by atoms with Gasteiger partial charge in [0.15, 0.2) is 6.29 Å². The molecule has 1 saturated heterocycles. The number of unbranched alkanes of at least 4 members (excludes halogenated alkanes) is 1. The lowest BCUT2D eigenvalue weighted by Gasteiger charge is -2.30. The quantitative estimate of drug-likeness (QED) is 0.181. The van der Waals surface area contributed by atoms with Gasteiger partial charge in [-0.2, -0.15) is 0 Å². The van der Waals surface area contributed by atoms with Crippen molar-refractivity contribution in [3.05, 3.63) is 54.6 Å². The van der Waals surface area contributed by atoms with Crippen LogP contribution in [0.3, 0.4) is 0 Å². The Kier molecular flexibility index (Phi) is 13.7. The Morgan fingerprint density at radius 1 is 1.18 bits per heavy atom. The molecule has 1 aromatic rings. The summed E-state index contributed by atoms with van der Waals surface area (Å²) in [6.07, 6.45) is 10.3. The average molecular weight is 550 g/mol. The number of nitrogens with zero attached hydrogens (tertiary/aromatic N) is 1. The Morgan fingerprint density at radius 2 is 1.92 bits per heavy atom. The molecule has 2 rings (SSSR count). The zero-order valence-corrected chi connectivity index (χ0v) is 23.6. The molecule has 38 heavy (non-hydrogen) atoms. The van der Waals surface area contributed by atoms with E-state index in [0.717, 1.165) is 29.1 Å². The number of sulfonamides is 1. The molecule has 2 amide bonds. The van der Waals surface area contributed by atoms with E-state index in [1.807, 2.05) is 56.3 Å². The lowest BCUT2D eigenvalue weighted by Crippen LogP contribution is -2.51. The Balaban J connectivity index is 2.26. The van der Waals surface area contributed by atoms with Crippen LogP contribution in [0.5, 0.6) is 0 Å². The van der Waals surface area contributed by atoms with Crippen LogP contribution in [0.2, 0.25) is 0 Å². The van der Waals surface area contributed by atoms with Gasteiger partial charge in [0.25, 0.3) is 0 Å². The zero-order chi connectivity index (χ0) is 28.0. The molecule has 1 heterocycles. The molecule has 1 aliphatic rings. The first-order chi connectivity index (χ1) is 18.1. The maximum Gasteiger partial charge on any atom is 0.247 e. The highest BCUT2D eigenvalue weighted by Crippen LogP contribution is 2.26. The number of ether oxygens (including phenoxy) is 1. The van der Waals surface area contributed by atoms with Crippen LogP contribution in [0.1, 0.15) is 64.4 Å². The minimum Gasteiger partial charge on any atom is -0.350 e. The zero-order valence-electron chi connectivity index (χ0n) is 22.8. The van der Waals surface area contributed by atoms with Gasteiger partial charge in [-0.3, -0.25) is 15.0 Å². The van der Waals surface area contributed by atoms with Gasteiger partial charge in [0.2, 0.25) is 21.8 Å². The van der Waals surface area contributed by atoms with E-state index in [9.17, 15) is 18.0 Å². The summed E-state index contributed by atoms with van der Waals surface area (Å²) in [5, 5.41) is 0. The number of allylic oxidation sites excluding steroid dienone is 2. The molecular weight excluding hydrogens is 506 g/mol. The van der Waals surface area contributed by atoms with Gasteiger partial charge in [0.1, 0.15) is 0 Å². The van der Waals surface area contributed by atoms with Crippen LogP contribution in [-0.4, -0.2) is 50.3 Å². The van der Waals surface area contributed by atoms with E-state index in [1.54, 1.807) is 6.08 Å². The van der Waals surface area contributed by atoms with Gasteiger partial charge in [-0.05, 0) is 50.0 Å². The molecule has 1 aliphatic heterocycles.